The molecule has 2 heterocycles. The topological polar surface area (TPSA) is 37.4 Å². The van der Waals surface area contributed by atoms with Crippen molar-refractivity contribution < 1.29 is 4.74 Å². The molecule has 1 saturated heterocycles. The van der Waals surface area contributed by atoms with Gasteiger partial charge in [0.2, 0.25) is 0 Å². The van der Waals surface area contributed by atoms with E-state index in [1.807, 2.05) is 18.3 Å². The van der Waals surface area contributed by atoms with Crippen molar-refractivity contribution in [2.24, 2.45) is 0 Å². The Morgan fingerprint density at radius 1 is 1.44 bits per heavy atom. The number of methoxy groups -OCH3 is 1. The molecule has 1 aromatic rings. The van der Waals surface area contributed by atoms with Gasteiger partial charge in [-0.1, -0.05) is 0 Å². The van der Waals surface area contributed by atoms with Gasteiger partial charge in [0.15, 0.2) is 0 Å². The van der Waals surface area contributed by atoms with Gasteiger partial charge in [0.05, 0.1) is 12.8 Å². The Morgan fingerprint density at radius 2 is 2.38 bits per heavy atom. The molecule has 0 amide bonds. The monoisotopic (exact) mass is 221 g/mol. The summed E-state index contributed by atoms with van der Waals surface area (Å²) in [6.07, 6.45) is 3.02. The van der Waals surface area contributed by atoms with E-state index >= 15 is 0 Å². The van der Waals surface area contributed by atoms with Gasteiger partial charge >= 0.3 is 0 Å². The first-order valence-electron chi connectivity index (χ1n) is 5.80. The molecule has 0 unspecified atom stereocenters. The summed E-state index contributed by atoms with van der Waals surface area (Å²) in [5.74, 6) is 0.887. The summed E-state index contributed by atoms with van der Waals surface area (Å²) < 4.78 is 5.20. The third-order valence-corrected chi connectivity index (χ3v) is 2.84. The fourth-order valence-electron chi connectivity index (χ4n) is 1.96. The molecular weight excluding hydrogens is 202 g/mol. The fraction of sp³-hybridized carbons (Fsp3) is 0.583. The van der Waals surface area contributed by atoms with Crippen LogP contribution in [-0.2, 0) is 6.54 Å². The highest BCUT2D eigenvalue weighted by Gasteiger charge is 2.09. The molecule has 0 bridgehead atoms. The maximum Gasteiger partial charge on any atom is 0.122 e. The van der Waals surface area contributed by atoms with Crippen molar-refractivity contribution in [2.45, 2.75) is 13.0 Å². The highest BCUT2D eigenvalue weighted by Crippen LogP contribution is 2.12. The molecule has 0 atom stereocenters. The lowest BCUT2D eigenvalue weighted by Crippen LogP contribution is -2.27. The van der Waals surface area contributed by atoms with Crippen LogP contribution in [0.5, 0.6) is 5.75 Å². The van der Waals surface area contributed by atoms with Crippen LogP contribution < -0.4 is 10.1 Å². The van der Waals surface area contributed by atoms with Crippen LogP contribution in [-0.4, -0.2) is 43.2 Å². The van der Waals surface area contributed by atoms with Crippen molar-refractivity contribution in [2.75, 3.05) is 33.3 Å². The van der Waals surface area contributed by atoms with Gasteiger partial charge in [0, 0.05) is 31.9 Å². The number of hydrogen-bond acceptors (Lipinski definition) is 4. The van der Waals surface area contributed by atoms with Gasteiger partial charge in [-0.05, 0) is 25.6 Å². The fourth-order valence-corrected chi connectivity index (χ4v) is 1.96. The van der Waals surface area contributed by atoms with E-state index in [1.54, 1.807) is 7.11 Å². The van der Waals surface area contributed by atoms with Crippen LogP contribution in [0.15, 0.2) is 18.3 Å². The number of ether oxygens (including phenoxy) is 1. The van der Waals surface area contributed by atoms with Crippen molar-refractivity contribution in [1.29, 1.82) is 0 Å². The molecule has 1 fully saturated rings. The smallest absolute Gasteiger partial charge is 0.122 e. The molecule has 0 saturated carbocycles. The summed E-state index contributed by atoms with van der Waals surface area (Å²) in [7, 11) is 1.69. The van der Waals surface area contributed by atoms with Gasteiger partial charge in [0.25, 0.3) is 0 Å². The van der Waals surface area contributed by atoms with E-state index in [2.05, 4.69) is 15.2 Å². The van der Waals surface area contributed by atoms with E-state index < -0.39 is 0 Å². The summed E-state index contributed by atoms with van der Waals surface area (Å²) in [4.78, 5) is 6.80. The Balaban J connectivity index is 1.96. The minimum Gasteiger partial charge on any atom is -0.497 e. The Kier molecular flexibility index (Phi) is 4.13. The van der Waals surface area contributed by atoms with Crippen molar-refractivity contribution in [1.82, 2.24) is 15.2 Å². The highest BCUT2D eigenvalue weighted by molar-refractivity contribution is 5.22. The van der Waals surface area contributed by atoms with Gasteiger partial charge in [0.1, 0.15) is 5.75 Å². The molecule has 1 aliphatic heterocycles. The minimum atomic E-state index is 0.887. The summed E-state index contributed by atoms with van der Waals surface area (Å²) in [6.45, 7) is 5.36. The van der Waals surface area contributed by atoms with E-state index in [1.165, 1.54) is 6.42 Å². The van der Waals surface area contributed by atoms with Crippen molar-refractivity contribution >= 4 is 0 Å². The van der Waals surface area contributed by atoms with Crippen LogP contribution in [0.25, 0.3) is 0 Å². The van der Waals surface area contributed by atoms with Crippen LogP contribution in [0.3, 0.4) is 0 Å². The Labute approximate surface area is 96.6 Å². The van der Waals surface area contributed by atoms with Crippen LogP contribution in [0.2, 0.25) is 0 Å². The van der Waals surface area contributed by atoms with Gasteiger partial charge in [-0.25, -0.2) is 0 Å². The lowest BCUT2D eigenvalue weighted by Gasteiger charge is -2.18. The zero-order valence-corrected chi connectivity index (χ0v) is 9.78. The molecule has 0 spiro atoms. The van der Waals surface area contributed by atoms with Crippen LogP contribution in [0.1, 0.15) is 12.1 Å². The lowest BCUT2D eigenvalue weighted by atomic mass is 10.3. The van der Waals surface area contributed by atoms with Gasteiger partial charge in [-0.3, -0.25) is 9.88 Å². The number of rotatable bonds is 3. The maximum absolute atomic E-state index is 5.20. The van der Waals surface area contributed by atoms with E-state index in [-0.39, 0.29) is 0 Å². The second kappa shape index (κ2) is 5.82. The third kappa shape index (κ3) is 3.18. The summed E-state index contributed by atoms with van der Waals surface area (Å²) in [6, 6.07) is 3.89. The summed E-state index contributed by atoms with van der Waals surface area (Å²) in [5, 5.41) is 3.40. The van der Waals surface area contributed by atoms with Gasteiger partial charge in [-0.15, -0.1) is 0 Å². The van der Waals surface area contributed by atoms with E-state index in [9.17, 15) is 0 Å². The van der Waals surface area contributed by atoms with E-state index in [0.29, 0.717) is 0 Å². The van der Waals surface area contributed by atoms with Gasteiger partial charge in [-0.2, -0.15) is 0 Å². The second-order valence-corrected chi connectivity index (χ2v) is 4.07. The van der Waals surface area contributed by atoms with E-state index in [4.69, 9.17) is 4.74 Å². The normalized spacial score (nSPS) is 18.1. The first-order valence-corrected chi connectivity index (χ1v) is 5.80. The molecule has 4 heteroatoms. The highest BCUT2D eigenvalue weighted by atomic mass is 16.5. The number of pyridine rings is 1. The molecule has 1 N–H and O–H groups in total. The Bertz CT molecular complexity index is 322. The summed E-state index contributed by atoms with van der Waals surface area (Å²) in [5.41, 5.74) is 1.08. The average Bonchev–Trinajstić information content (AvgIpc) is 2.58. The predicted molar refractivity (Wildman–Crippen MR) is 63.6 cm³/mol. The van der Waals surface area contributed by atoms with Crippen molar-refractivity contribution in [3.8, 4) is 5.75 Å². The van der Waals surface area contributed by atoms with Crippen LogP contribution in [0.4, 0.5) is 0 Å². The number of hydrogen-bond donors (Lipinski definition) is 1. The zero-order valence-electron chi connectivity index (χ0n) is 9.78. The molecule has 1 aromatic heterocycles. The number of nitrogens with one attached hydrogen (secondary N) is 1. The largest absolute Gasteiger partial charge is 0.497 e. The average molecular weight is 221 g/mol. The lowest BCUT2D eigenvalue weighted by molar-refractivity contribution is 0.280. The quantitative estimate of drug-likeness (QED) is 0.822. The molecule has 0 radical (unpaired) electrons. The first-order chi connectivity index (χ1) is 7.88. The Hall–Kier alpha value is -1.13. The SMILES string of the molecule is COc1ccnc(CN2CCCNCC2)c1. The first kappa shape index (κ1) is 11.4. The zero-order chi connectivity index (χ0) is 11.2. The molecule has 0 aliphatic carbocycles. The molecule has 4 nitrogen and oxygen atoms in total. The molecule has 1 aliphatic rings. The van der Waals surface area contributed by atoms with Crippen LogP contribution in [0, 0.1) is 0 Å². The number of aromatic nitrogens is 1. The predicted octanol–water partition coefficient (Wildman–Crippen LogP) is 0.885. The third-order valence-electron chi connectivity index (χ3n) is 2.84. The van der Waals surface area contributed by atoms with Crippen LogP contribution >= 0.6 is 0 Å². The molecule has 88 valence electrons. The molecular formula is C12H19N3O. The molecule has 2 rings (SSSR count). The summed E-state index contributed by atoms with van der Waals surface area (Å²) >= 11 is 0. The molecule has 0 aromatic carbocycles. The van der Waals surface area contributed by atoms with Crippen molar-refractivity contribution in [3.63, 3.8) is 0 Å². The standard InChI is InChI=1S/C12H19N3O/c1-16-12-3-5-14-11(9-12)10-15-7-2-4-13-6-8-15/h3,5,9,13H,2,4,6-8,10H2,1H3. The molecule has 16 heavy (non-hydrogen) atoms. The minimum absolute atomic E-state index is 0.887. The van der Waals surface area contributed by atoms with E-state index in [0.717, 1.165) is 44.2 Å². The second-order valence-electron chi connectivity index (χ2n) is 4.07. The van der Waals surface area contributed by atoms with Crippen molar-refractivity contribution in [3.05, 3.63) is 24.0 Å². The number of nitrogens with zero attached hydrogens (tertiary/aromatic N) is 2. The van der Waals surface area contributed by atoms with Gasteiger partial charge < -0.3 is 10.1 Å². The maximum atomic E-state index is 5.20. The Morgan fingerprint density at radius 3 is 3.25 bits per heavy atom.